The molecule has 0 aromatic heterocycles. The number of nitrogens with one attached hydrogen (secondary N) is 1. The molecule has 0 spiro atoms. The Labute approximate surface area is 107 Å². The number of amides is 2. The van der Waals surface area contributed by atoms with Gasteiger partial charge in [-0.25, -0.2) is 9.59 Å². The smallest absolute Gasteiger partial charge is 0.336 e. The van der Waals surface area contributed by atoms with Crippen molar-refractivity contribution in [3.63, 3.8) is 0 Å². The van der Waals surface area contributed by atoms with Gasteiger partial charge >= 0.3 is 11.9 Å². The minimum absolute atomic E-state index is 0.190. The second-order valence-electron chi connectivity index (χ2n) is 3.34. The van der Waals surface area contributed by atoms with Crippen molar-refractivity contribution in [1.82, 2.24) is 5.32 Å². The molecule has 2 amide bonds. The van der Waals surface area contributed by atoms with Crippen molar-refractivity contribution in [2.75, 3.05) is 0 Å². The van der Waals surface area contributed by atoms with Gasteiger partial charge in [-0.3, -0.25) is 14.9 Å². The summed E-state index contributed by atoms with van der Waals surface area (Å²) in [5.74, 6) is -3.11. The number of carbonyl (C=O) groups is 4. The second-order valence-corrected chi connectivity index (χ2v) is 3.34. The largest absolute Gasteiger partial charge is 0.478 e. The van der Waals surface area contributed by atoms with Crippen LogP contribution in [0.4, 0.5) is 0 Å². The summed E-state index contributed by atoms with van der Waals surface area (Å²) in [7, 11) is 0. The number of aromatic carboxylic acids is 2. The monoisotopic (exact) mass is 263 g/mol. The maximum atomic E-state index is 10.5. The third kappa shape index (κ3) is 4.08. The summed E-state index contributed by atoms with van der Waals surface area (Å²) >= 11 is 0. The minimum Gasteiger partial charge on any atom is -0.478 e. The molecule has 1 heterocycles. The van der Waals surface area contributed by atoms with E-state index in [-0.39, 0.29) is 22.9 Å². The predicted molar refractivity (Wildman–Crippen MR) is 62.7 cm³/mol. The molecule has 1 aliphatic rings. The number of carboxylic acid groups (broad SMARTS) is 2. The van der Waals surface area contributed by atoms with E-state index < -0.39 is 11.9 Å². The molecule has 1 aliphatic heterocycles. The van der Waals surface area contributed by atoms with Gasteiger partial charge in [0.15, 0.2) is 0 Å². The zero-order chi connectivity index (χ0) is 14.4. The Morgan fingerprint density at radius 3 is 1.42 bits per heavy atom. The van der Waals surface area contributed by atoms with E-state index in [0.29, 0.717) is 0 Å². The maximum absolute atomic E-state index is 10.5. The SMILES string of the molecule is O=C(O)c1ccccc1C(=O)O.O=C1C=CC(=O)N1. The Hall–Kier alpha value is -2.96. The van der Waals surface area contributed by atoms with Crippen molar-refractivity contribution >= 4 is 23.8 Å². The fourth-order valence-electron chi connectivity index (χ4n) is 1.21. The molecular weight excluding hydrogens is 254 g/mol. The molecule has 7 heteroatoms. The summed E-state index contributed by atoms with van der Waals surface area (Å²) in [4.78, 5) is 41.0. The highest BCUT2D eigenvalue weighted by molar-refractivity contribution is 6.12. The molecule has 0 unspecified atom stereocenters. The Kier molecular flexibility index (Phi) is 4.53. The number of rotatable bonds is 2. The average Bonchev–Trinajstić information content (AvgIpc) is 2.73. The van der Waals surface area contributed by atoms with Gasteiger partial charge in [-0.05, 0) is 12.1 Å². The molecule has 7 nitrogen and oxygen atoms in total. The van der Waals surface area contributed by atoms with E-state index in [9.17, 15) is 19.2 Å². The van der Waals surface area contributed by atoms with E-state index in [1.807, 2.05) is 5.32 Å². The van der Waals surface area contributed by atoms with Crippen molar-refractivity contribution in [3.05, 3.63) is 47.5 Å². The number of carboxylic acids is 2. The molecule has 98 valence electrons. The molecule has 0 saturated carbocycles. The number of carbonyl (C=O) groups excluding carboxylic acids is 2. The lowest BCUT2D eigenvalue weighted by Gasteiger charge is -1.98. The van der Waals surface area contributed by atoms with Crippen molar-refractivity contribution in [2.45, 2.75) is 0 Å². The van der Waals surface area contributed by atoms with E-state index in [0.717, 1.165) is 0 Å². The lowest BCUT2D eigenvalue weighted by Crippen LogP contribution is -2.19. The highest BCUT2D eigenvalue weighted by atomic mass is 16.4. The Morgan fingerprint density at radius 2 is 1.21 bits per heavy atom. The van der Waals surface area contributed by atoms with Crippen LogP contribution >= 0.6 is 0 Å². The van der Waals surface area contributed by atoms with Gasteiger partial charge in [0.05, 0.1) is 11.1 Å². The fourth-order valence-corrected chi connectivity index (χ4v) is 1.21. The van der Waals surface area contributed by atoms with Crippen LogP contribution in [0.3, 0.4) is 0 Å². The van der Waals surface area contributed by atoms with E-state index in [1.54, 1.807) is 0 Å². The topological polar surface area (TPSA) is 121 Å². The fraction of sp³-hybridized carbons (Fsp3) is 0. The molecule has 0 saturated heterocycles. The molecule has 19 heavy (non-hydrogen) atoms. The summed E-state index contributed by atoms with van der Waals surface area (Å²) < 4.78 is 0. The summed E-state index contributed by atoms with van der Waals surface area (Å²) in [6.07, 6.45) is 2.39. The zero-order valence-corrected chi connectivity index (χ0v) is 9.49. The van der Waals surface area contributed by atoms with Crippen molar-refractivity contribution in [3.8, 4) is 0 Å². The van der Waals surface area contributed by atoms with Crippen LogP contribution in [-0.4, -0.2) is 34.0 Å². The zero-order valence-electron chi connectivity index (χ0n) is 9.49. The van der Waals surface area contributed by atoms with Crippen LogP contribution in [0.25, 0.3) is 0 Å². The Morgan fingerprint density at radius 1 is 0.842 bits per heavy atom. The Balaban J connectivity index is 0.000000218. The van der Waals surface area contributed by atoms with Crippen LogP contribution < -0.4 is 5.32 Å². The average molecular weight is 263 g/mol. The summed E-state index contributed by atoms with van der Waals surface area (Å²) in [6.45, 7) is 0. The quantitative estimate of drug-likeness (QED) is 0.659. The summed E-state index contributed by atoms with van der Waals surface area (Å²) in [5, 5.41) is 19.1. The molecule has 0 radical (unpaired) electrons. The third-order valence-corrected chi connectivity index (χ3v) is 2.02. The summed E-state index contributed by atoms with van der Waals surface area (Å²) in [6, 6.07) is 5.48. The molecule has 1 aromatic rings. The normalized spacial score (nSPS) is 12.4. The van der Waals surface area contributed by atoms with E-state index >= 15 is 0 Å². The molecule has 0 aliphatic carbocycles. The van der Waals surface area contributed by atoms with E-state index in [1.165, 1.54) is 36.4 Å². The van der Waals surface area contributed by atoms with Crippen LogP contribution in [0.15, 0.2) is 36.4 Å². The van der Waals surface area contributed by atoms with Crippen molar-refractivity contribution in [2.24, 2.45) is 0 Å². The maximum Gasteiger partial charge on any atom is 0.336 e. The van der Waals surface area contributed by atoms with E-state index in [2.05, 4.69) is 0 Å². The van der Waals surface area contributed by atoms with E-state index in [4.69, 9.17) is 10.2 Å². The van der Waals surface area contributed by atoms with Gasteiger partial charge in [-0.1, -0.05) is 12.1 Å². The number of benzene rings is 1. The lowest BCUT2D eigenvalue weighted by atomic mass is 10.1. The Bertz CT molecular complexity index is 526. The molecule has 2 rings (SSSR count). The van der Waals surface area contributed by atoms with Gasteiger partial charge in [0.1, 0.15) is 0 Å². The van der Waals surface area contributed by atoms with Crippen LogP contribution in [0, 0.1) is 0 Å². The minimum atomic E-state index is -1.23. The van der Waals surface area contributed by atoms with Crippen molar-refractivity contribution in [1.29, 1.82) is 0 Å². The highest BCUT2D eigenvalue weighted by Crippen LogP contribution is 2.07. The third-order valence-electron chi connectivity index (χ3n) is 2.02. The molecule has 0 bridgehead atoms. The van der Waals surface area contributed by atoms with Gasteiger partial charge in [-0.2, -0.15) is 0 Å². The highest BCUT2D eigenvalue weighted by Gasteiger charge is 2.13. The molecular formula is C12H9NO6. The van der Waals surface area contributed by atoms with Gasteiger partial charge < -0.3 is 10.2 Å². The van der Waals surface area contributed by atoms with Crippen LogP contribution in [0.1, 0.15) is 20.7 Å². The van der Waals surface area contributed by atoms with Gasteiger partial charge in [0.2, 0.25) is 0 Å². The number of imide groups is 1. The van der Waals surface area contributed by atoms with Crippen LogP contribution in [0.5, 0.6) is 0 Å². The predicted octanol–water partition coefficient (Wildman–Crippen LogP) is 0.282. The first-order valence-electron chi connectivity index (χ1n) is 5.00. The van der Waals surface area contributed by atoms with Gasteiger partial charge in [0.25, 0.3) is 11.8 Å². The molecule has 3 N–H and O–H groups in total. The molecule has 0 atom stereocenters. The van der Waals surface area contributed by atoms with Crippen molar-refractivity contribution < 1.29 is 29.4 Å². The number of hydrogen-bond donors (Lipinski definition) is 3. The van der Waals surface area contributed by atoms with Gasteiger partial charge in [0, 0.05) is 12.2 Å². The standard InChI is InChI=1S/C8H6O4.C4H3NO2/c9-7(10)5-3-1-2-4-6(5)8(11)12;6-3-1-2-4(7)5-3/h1-4H,(H,9,10)(H,11,12);1-2H,(H,5,6,7). The molecule has 1 aromatic carbocycles. The molecule has 0 fully saturated rings. The second kappa shape index (κ2) is 6.10. The summed E-state index contributed by atoms with van der Waals surface area (Å²) in [5.41, 5.74) is -0.380. The first-order valence-corrected chi connectivity index (χ1v) is 5.00. The first kappa shape index (κ1) is 14.1. The van der Waals surface area contributed by atoms with Crippen LogP contribution in [0.2, 0.25) is 0 Å². The first-order chi connectivity index (χ1) is 8.91. The lowest BCUT2D eigenvalue weighted by molar-refractivity contribution is -0.123. The van der Waals surface area contributed by atoms with Gasteiger partial charge in [-0.15, -0.1) is 0 Å². The van der Waals surface area contributed by atoms with Crippen LogP contribution in [-0.2, 0) is 9.59 Å². The number of hydrogen-bond acceptors (Lipinski definition) is 4.